The van der Waals surface area contributed by atoms with Gasteiger partial charge < -0.3 is 4.57 Å². The third kappa shape index (κ3) is 1.90. The summed E-state index contributed by atoms with van der Waals surface area (Å²) in [6.07, 6.45) is 0. The van der Waals surface area contributed by atoms with E-state index in [0.29, 0.717) is 10.0 Å². The fraction of sp³-hybridized carbons (Fsp3) is 0.167. The third-order valence-corrected chi connectivity index (χ3v) is 4.29. The van der Waals surface area contributed by atoms with Gasteiger partial charge in [-0.05, 0) is 54.0 Å². The van der Waals surface area contributed by atoms with E-state index in [2.05, 4.69) is 32.6 Å². The molecule has 0 aliphatic carbocycles. The molecule has 4 heteroatoms. The number of hydrogen-bond donors (Lipinski definition) is 0. The van der Waals surface area contributed by atoms with E-state index in [1.165, 1.54) is 0 Å². The topological polar surface area (TPSA) is 4.93 Å². The molecular weight excluding hydrogens is 309 g/mol. The van der Waals surface area contributed by atoms with Crippen molar-refractivity contribution in [1.82, 2.24) is 4.57 Å². The molecule has 1 heterocycles. The Morgan fingerprint density at radius 1 is 0.938 bits per heavy atom. The van der Waals surface area contributed by atoms with Crippen LogP contribution in [0, 0.1) is 13.8 Å². The van der Waals surface area contributed by atoms with Gasteiger partial charge in [-0.3, -0.25) is 0 Å². The first kappa shape index (κ1) is 12.0. The summed E-state index contributed by atoms with van der Waals surface area (Å²) in [6.45, 7) is 4.08. The van der Waals surface area contributed by atoms with Crippen molar-refractivity contribution in [3.63, 3.8) is 0 Å². The zero-order chi connectivity index (χ0) is 11.9. The quantitative estimate of drug-likeness (QED) is 0.640. The van der Waals surface area contributed by atoms with Gasteiger partial charge in [0.15, 0.2) is 0 Å². The van der Waals surface area contributed by atoms with Gasteiger partial charge in [0.25, 0.3) is 0 Å². The highest BCUT2D eigenvalue weighted by molar-refractivity contribution is 9.10. The summed E-state index contributed by atoms with van der Waals surface area (Å²) in [5.41, 5.74) is 3.19. The van der Waals surface area contributed by atoms with Crippen LogP contribution in [0.15, 0.2) is 28.7 Å². The summed E-state index contributed by atoms with van der Waals surface area (Å²) >= 11 is 15.7. The van der Waals surface area contributed by atoms with Gasteiger partial charge in [0.2, 0.25) is 0 Å². The van der Waals surface area contributed by atoms with Crippen LogP contribution >= 0.6 is 39.1 Å². The normalized spacial score (nSPS) is 10.8. The van der Waals surface area contributed by atoms with E-state index < -0.39 is 0 Å². The molecule has 1 nitrogen and oxygen atoms in total. The molecule has 0 unspecified atom stereocenters. The number of halogens is 3. The van der Waals surface area contributed by atoms with Gasteiger partial charge in [0.05, 0.1) is 15.7 Å². The first-order valence-corrected chi connectivity index (χ1v) is 6.36. The van der Waals surface area contributed by atoms with E-state index in [-0.39, 0.29) is 0 Å². The molecule has 0 atom stereocenters. The summed E-state index contributed by atoms with van der Waals surface area (Å²) in [5.74, 6) is 0. The monoisotopic (exact) mass is 317 g/mol. The van der Waals surface area contributed by atoms with E-state index in [1.54, 1.807) is 0 Å². The fourth-order valence-electron chi connectivity index (χ4n) is 1.74. The lowest BCUT2D eigenvalue weighted by Gasteiger charge is -2.13. The molecule has 0 radical (unpaired) electrons. The molecule has 84 valence electrons. The Bertz CT molecular complexity index is 527. The minimum absolute atomic E-state index is 0.548. The molecule has 1 aromatic carbocycles. The zero-order valence-corrected chi connectivity index (χ0v) is 12.0. The Balaban J connectivity index is 2.71. The number of benzene rings is 1. The van der Waals surface area contributed by atoms with Gasteiger partial charge in [-0.15, -0.1) is 0 Å². The molecule has 0 saturated carbocycles. The van der Waals surface area contributed by atoms with Crippen LogP contribution in [0.3, 0.4) is 0 Å². The van der Waals surface area contributed by atoms with Crippen LogP contribution in [0.5, 0.6) is 0 Å². The van der Waals surface area contributed by atoms with Gasteiger partial charge in [-0.1, -0.05) is 23.2 Å². The average Bonchev–Trinajstić information content (AvgIpc) is 2.57. The third-order valence-electron chi connectivity index (χ3n) is 2.53. The predicted octanol–water partition coefficient (Wildman–Crippen LogP) is 5.16. The van der Waals surface area contributed by atoms with Crippen LogP contribution in [-0.2, 0) is 0 Å². The summed E-state index contributed by atoms with van der Waals surface area (Å²) in [6, 6.07) is 7.98. The molecule has 0 fully saturated rings. The van der Waals surface area contributed by atoms with Crippen molar-refractivity contribution in [3.8, 4) is 5.69 Å². The highest BCUT2D eigenvalue weighted by atomic mass is 79.9. The van der Waals surface area contributed by atoms with Gasteiger partial charge in [0, 0.05) is 15.9 Å². The number of aromatic nitrogens is 1. The fourth-order valence-corrected chi connectivity index (χ4v) is 2.59. The van der Waals surface area contributed by atoms with Gasteiger partial charge >= 0.3 is 0 Å². The second-order valence-corrected chi connectivity index (χ2v) is 5.26. The van der Waals surface area contributed by atoms with Crippen molar-refractivity contribution in [2.24, 2.45) is 0 Å². The van der Waals surface area contributed by atoms with Crippen LogP contribution in [0.2, 0.25) is 10.0 Å². The van der Waals surface area contributed by atoms with Gasteiger partial charge in [0.1, 0.15) is 0 Å². The van der Waals surface area contributed by atoms with Crippen molar-refractivity contribution in [2.75, 3.05) is 0 Å². The lowest BCUT2D eigenvalue weighted by Crippen LogP contribution is -1.99. The number of rotatable bonds is 1. The van der Waals surface area contributed by atoms with Crippen LogP contribution < -0.4 is 0 Å². The van der Waals surface area contributed by atoms with E-state index in [0.717, 1.165) is 21.5 Å². The molecule has 0 aliphatic heterocycles. The lowest BCUT2D eigenvalue weighted by molar-refractivity contribution is 0.966. The van der Waals surface area contributed by atoms with Crippen molar-refractivity contribution >= 4 is 39.1 Å². The van der Waals surface area contributed by atoms with Crippen molar-refractivity contribution in [3.05, 3.63) is 50.2 Å². The maximum atomic E-state index is 6.25. The molecule has 0 amide bonds. The SMILES string of the molecule is Cc1ccc(C)n1-c1ccc(Br)c(Cl)c1Cl. The van der Waals surface area contributed by atoms with Crippen molar-refractivity contribution < 1.29 is 0 Å². The average molecular weight is 319 g/mol. The Morgan fingerprint density at radius 2 is 1.50 bits per heavy atom. The molecule has 0 N–H and O–H groups in total. The van der Waals surface area contributed by atoms with E-state index in [4.69, 9.17) is 23.2 Å². The molecule has 16 heavy (non-hydrogen) atoms. The molecule has 1 aromatic heterocycles. The number of hydrogen-bond acceptors (Lipinski definition) is 0. The Morgan fingerprint density at radius 3 is 2.06 bits per heavy atom. The first-order valence-electron chi connectivity index (χ1n) is 4.81. The lowest BCUT2D eigenvalue weighted by atomic mass is 10.3. The summed E-state index contributed by atoms with van der Waals surface area (Å²) in [5, 5.41) is 1.12. The standard InChI is InChI=1S/C12H10BrCl2N/c1-7-3-4-8(2)16(7)10-6-5-9(13)11(14)12(10)15/h3-6H,1-2H3. The molecule has 0 aliphatic rings. The van der Waals surface area contributed by atoms with Crippen molar-refractivity contribution in [1.29, 1.82) is 0 Å². The smallest absolute Gasteiger partial charge is 0.0844 e. The van der Waals surface area contributed by atoms with Crippen LogP contribution in [0.1, 0.15) is 11.4 Å². The predicted molar refractivity (Wildman–Crippen MR) is 73.0 cm³/mol. The van der Waals surface area contributed by atoms with Gasteiger partial charge in [-0.25, -0.2) is 0 Å². The minimum atomic E-state index is 0.548. The van der Waals surface area contributed by atoms with E-state index in [9.17, 15) is 0 Å². The van der Waals surface area contributed by atoms with Gasteiger partial charge in [-0.2, -0.15) is 0 Å². The molecule has 2 aromatic rings. The first-order chi connectivity index (χ1) is 7.52. The van der Waals surface area contributed by atoms with Crippen molar-refractivity contribution in [2.45, 2.75) is 13.8 Å². The van der Waals surface area contributed by atoms with E-state index in [1.807, 2.05) is 26.0 Å². The Labute approximate surface area is 113 Å². The minimum Gasteiger partial charge on any atom is -0.317 e. The highest BCUT2D eigenvalue weighted by Gasteiger charge is 2.12. The zero-order valence-electron chi connectivity index (χ0n) is 8.89. The second kappa shape index (κ2) is 4.44. The van der Waals surface area contributed by atoms with Crippen LogP contribution in [-0.4, -0.2) is 4.57 Å². The second-order valence-electron chi connectivity index (χ2n) is 3.65. The van der Waals surface area contributed by atoms with Crippen LogP contribution in [0.25, 0.3) is 5.69 Å². The van der Waals surface area contributed by atoms with E-state index >= 15 is 0 Å². The highest BCUT2D eigenvalue weighted by Crippen LogP contribution is 2.35. The molecule has 0 bridgehead atoms. The maximum Gasteiger partial charge on any atom is 0.0844 e. The molecule has 0 spiro atoms. The molecule has 2 rings (SSSR count). The number of aryl methyl sites for hydroxylation is 2. The number of nitrogens with zero attached hydrogens (tertiary/aromatic N) is 1. The Kier molecular flexibility index (Phi) is 3.34. The maximum absolute atomic E-state index is 6.25. The molecular formula is C12H10BrCl2N. The summed E-state index contributed by atoms with van der Waals surface area (Å²) in [4.78, 5) is 0. The largest absolute Gasteiger partial charge is 0.317 e. The van der Waals surface area contributed by atoms with Crippen LogP contribution in [0.4, 0.5) is 0 Å². The Hall–Kier alpha value is -0.440. The summed E-state index contributed by atoms with van der Waals surface area (Å²) in [7, 11) is 0. The summed E-state index contributed by atoms with van der Waals surface area (Å²) < 4.78 is 2.89. The molecule has 0 saturated heterocycles.